The van der Waals surface area contributed by atoms with Crippen LogP contribution >= 0.6 is 11.6 Å². The number of nitro groups is 1. The van der Waals surface area contributed by atoms with Gasteiger partial charge in [-0.25, -0.2) is 0 Å². The molecule has 9 nitrogen and oxygen atoms in total. The Bertz CT molecular complexity index is 1060. The van der Waals surface area contributed by atoms with Crippen molar-refractivity contribution in [3.8, 4) is 11.5 Å². The standard InChI is InChI=1S/C26H32ClN3O6/c1-35-22-13-8-18(16-23(22)36-2)14-15-29(24(31)17-27)25(19-9-11-21(12-10-19)30(33)34)26(32)28-20-6-4-3-5-7-20/h8-13,16,20,25H,3-7,14-15,17H2,1-2H3,(H,28,32). The normalized spacial score (nSPS) is 14.5. The van der Waals surface area contributed by atoms with Crippen molar-refractivity contribution < 1.29 is 24.0 Å². The van der Waals surface area contributed by atoms with Gasteiger partial charge >= 0.3 is 0 Å². The van der Waals surface area contributed by atoms with Crippen LogP contribution in [0.1, 0.15) is 49.3 Å². The molecule has 1 aliphatic rings. The van der Waals surface area contributed by atoms with Crippen LogP contribution in [-0.4, -0.2) is 54.3 Å². The lowest BCUT2D eigenvalue weighted by Gasteiger charge is -2.33. The number of amides is 2. The van der Waals surface area contributed by atoms with Crippen molar-refractivity contribution in [2.45, 2.75) is 50.6 Å². The third-order valence-electron chi connectivity index (χ3n) is 6.46. The number of hydrogen-bond donors (Lipinski definition) is 1. The summed E-state index contributed by atoms with van der Waals surface area (Å²) in [7, 11) is 3.10. The number of carbonyl (C=O) groups is 2. The van der Waals surface area contributed by atoms with E-state index in [-0.39, 0.29) is 30.1 Å². The average Bonchev–Trinajstić information content (AvgIpc) is 2.90. The second-order valence-electron chi connectivity index (χ2n) is 8.75. The first-order chi connectivity index (χ1) is 17.4. The van der Waals surface area contributed by atoms with Gasteiger partial charge in [-0.3, -0.25) is 19.7 Å². The van der Waals surface area contributed by atoms with Crippen molar-refractivity contribution in [1.29, 1.82) is 0 Å². The van der Waals surface area contributed by atoms with Crippen LogP contribution in [-0.2, 0) is 16.0 Å². The zero-order chi connectivity index (χ0) is 26.1. The van der Waals surface area contributed by atoms with E-state index in [0.29, 0.717) is 23.5 Å². The zero-order valence-electron chi connectivity index (χ0n) is 20.6. The molecule has 36 heavy (non-hydrogen) atoms. The summed E-state index contributed by atoms with van der Waals surface area (Å²) in [5.74, 6) is 0.130. The van der Waals surface area contributed by atoms with Crippen molar-refractivity contribution in [2.75, 3.05) is 26.6 Å². The predicted octanol–water partition coefficient (Wildman–Crippen LogP) is 4.41. The van der Waals surface area contributed by atoms with E-state index >= 15 is 0 Å². The second kappa shape index (κ2) is 13.1. The van der Waals surface area contributed by atoms with Gasteiger partial charge in [0.15, 0.2) is 11.5 Å². The van der Waals surface area contributed by atoms with Gasteiger partial charge < -0.3 is 19.7 Å². The SMILES string of the molecule is COc1ccc(CCN(C(=O)CCl)C(C(=O)NC2CCCCC2)c2ccc([N+](=O)[O-])cc2)cc1OC. The third kappa shape index (κ3) is 6.87. The molecule has 0 aliphatic heterocycles. The number of hydrogen-bond acceptors (Lipinski definition) is 6. The van der Waals surface area contributed by atoms with Gasteiger partial charge in [-0.2, -0.15) is 0 Å². The molecule has 1 atom stereocenters. The van der Waals surface area contributed by atoms with Gasteiger partial charge in [0.1, 0.15) is 11.9 Å². The van der Waals surface area contributed by atoms with Crippen molar-refractivity contribution in [3.63, 3.8) is 0 Å². The van der Waals surface area contributed by atoms with Gasteiger partial charge in [0.2, 0.25) is 11.8 Å². The molecule has 2 amide bonds. The maximum atomic E-state index is 13.6. The third-order valence-corrected chi connectivity index (χ3v) is 6.68. The summed E-state index contributed by atoms with van der Waals surface area (Å²) in [4.78, 5) is 38.7. The first-order valence-corrected chi connectivity index (χ1v) is 12.5. The number of carbonyl (C=O) groups excluding carboxylic acids is 2. The minimum absolute atomic E-state index is 0.0330. The molecule has 0 spiro atoms. The van der Waals surface area contributed by atoms with Crippen LogP contribution in [0.2, 0.25) is 0 Å². The van der Waals surface area contributed by atoms with Gasteiger partial charge in [-0.05, 0) is 54.7 Å². The Balaban J connectivity index is 1.91. The minimum atomic E-state index is -0.973. The van der Waals surface area contributed by atoms with E-state index in [1.807, 2.05) is 12.1 Å². The molecule has 1 fully saturated rings. The molecule has 0 saturated heterocycles. The molecule has 1 aliphatic carbocycles. The molecule has 2 aromatic rings. The molecule has 1 N–H and O–H groups in total. The average molecular weight is 518 g/mol. The van der Waals surface area contributed by atoms with Crippen LogP contribution in [0.15, 0.2) is 42.5 Å². The smallest absolute Gasteiger partial charge is 0.269 e. The number of nitrogens with one attached hydrogen (secondary N) is 1. The Morgan fingerprint density at radius 3 is 2.33 bits per heavy atom. The lowest BCUT2D eigenvalue weighted by atomic mass is 9.94. The van der Waals surface area contributed by atoms with Crippen LogP contribution in [0.25, 0.3) is 0 Å². The molecule has 1 unspecified atom stereocenters. The van der Waals surface area contributed by atoms with E-state index in [4.69, 9.17) is 21.1 Å². The van der Waals surface area contributed by atoms with Crippen molar-refractivity contribution in [3.05, 3.63) is 63.7 Å². The fourth-order valence-electron chi connectivity index (χ4n) is 4.54. The molecule has 0 bridgehead atoms. The summed E-state index contributed by atoms with van der Waals surface area (Å²) in [6.45, 7) is 0.209. The highest BCUT2D eigenvalue weighted by Crippen LogP contribution is 2.29. The molecule has 0 heterocycles. The second-order valence-corrected chi connectivity index (χ2v) is 9.02. The number of nitro benzene ring substituents is 1. The number of methoxy groups -OCH3 is 2. The highest BCUT2D eigenvalue weighted by Gasteiger charge is 2.32. The maximum absolute atomic E-state index is 13.6. The van der Waals surface area contributed by atoms with E-state index in [9.17, 15) is 19.7 Å². The summed E-state index contributed by atoms with van der Waals surface area (Å²) in [6, 6.07) is 10.3. The highest BCUT2D eigenvalue weighted by molar-refractivity contribution is 6.27. The molecule has 2 aromatic carbocycles. The van der Waals surface area contributed by atoms with Crippen molar-refractivity contribution in [2.24, 2.45) is 0 Å². The fraction of sp³-hybridized carbons (Fsp3) is 0.462. The number of benzene rings is 2. The Morgan fingerprint density at radius 1 is 1.08 bits per heavy atom. The summed E-state index contributed by atoms with van der Waals surface area (Å²) in [5, 5.41) is 14.2. The topological polar surface area (TPSA) is 111 Å². The van der Waals surface area contributed by atoms with Crippen molar-refractivity contribution >= 4 is 29.1 Å². The summed E-state index contributed by atoms with van der Waals surface area (Å²) in [5.41, 5.74) is 1.28. The van der Waals surface area contributed by atoms with Gasteiger partial charge in [-0.15, -0.1) is 11.6 Å². The van der Waals surface area contributed by atoms with E-state index in [1.165, 1.54) is 29.2 Å². The van der Waals surface area contributed by atoms with Crippen LogP contribution < -0.4 is 14.8 Å². The quantitative estimate of drug-likeness (QED) is 0.268. The largest absolute Gasteiger partial charge is 0.493 e. The molecular formula is C26H32ClN3O6. The van der Waals surface area contributed by atoms with E-state index < -0.39 is 16.9 Å². The van der Waals surface area contributed by atoms with Gasteiger partial charge in [0.05, 0.1) is 19.1 Å². The Morgan fingerprint density at radius 2 is 1.75 bits per heavy atom. The molecule has 0 radical (unpaired) electrons. The van der Waals surface area contributed by atoms with E-state index in [0.717, 1.165) is 37.7 Å². The number of halogens is 1. The van der Waals surface area contributed by atoms with Gasteiger partial charge in [0.25, 0.3) is 5.69 Å². The first kappa shape index (κ1) is 27.3. The molecular weight excluding hydrogens is 486 g/mol. The highest BCUT2D eigenvalue weighted by atomic mass is 35.5. The number of non-ortho nitro benzene ring substituents is 1. The van der Waals surface area contributed by atoms with E-state index in [1.54, 1.807) is 20.3 Å². The van der Waals surface area contributed by atoms with E-state index in [2.05, 4.69) is 5.32 Å². The number of ether oxygens (including phenoxy) is 2. The fourth-order valence-corrected chi connectivity index (χ4v) is 4.69. The molecule has 0 aromatic heterocycles. The minimum Gasteiger partial charge on any atom is -0.493 e. The summed E-state index contributed by atoms with van der Waals surface area (Å²) < 4.78 is 10.7. The zero-order valence-corrected chi connectivity index (χ0v) is 21.3. The number of nitrogens with zero attached hydrogens (tertiary/aromatic N) is 2. The van der Waals surface area contributed by atoms with Crippen LogP contribution in [0.4, 0.5) is 5.69 Å². The maximum Gasteiger partial charge on any atom is 0.269 e. The molecule has 10 heteroatoms. The van der Waals surface area contributed by atoms with Gasteiger partial charge in [0, 0.05) is 24.7 Å². The van der Waals surface area contributed by atoms with Crippen LogP contribution in [0.5, 0.6) is 11.5 Å². The Hall–Kier alpha value is -3.33. The van der Waals surface area contributed by atoms with Gasteiger partial charge in [-0.1, -0.05) is 25.3 Å². The predicted molar refractivity (Wildman–Crippen MR) is 137 cm³/mol. The lowest BCUT2D eigenvalue weighted by Crippen LogP contribution is -2.48. The Labute approximate surface area is 215 Å². The number of rotatable bonds is 11. The number of alkyl halides is 1. The molecule has 1 saturated carbocycles. The first-order valence-electron chi connectivity index (χ1n) is 12.0. The monoisotopic (exact) mass is 517 g/mol. The van der Waals surface area contributed by atoms with Crippen LogP contribution in [0.3, 0.4) is 0 Å². The molecule has 3 rings (SSSR count). The summed E-state index contributed by atoms with van der Waals surface area (Å²) >= 11 is 5.96. The van der Waals surface area contributed by atoms with Crippen molar-refractivity contribution in [1.82, 2.24) is 10.2 Å². The summed E-state index contributed by atoms with van der Waals surface area (Å²) in [6.07, 6.45) is 5.42. The Kier molecular flexibility index (Phi) is 9.93. The van der Waals surface area contributed by atoms with Crippen LogP contribution in [0, 0.1) is 10.1 Å². The lowest BCUT2D eigenvalue weighted by molar-refractivity contribution is -0.384. The molecule has 194 valence electrons.